The number of nitrogens with zero attached hydrogens (tertiary/aromatic N) is 2. The predicted molar refractivity (Wildman–Crippen MR) is 75.1 cm³/mol. The molecule has 0 bridgehead atoms. The quantitative estimate of drug-likeness (QED) is 0.843. The lowest BCUT2D eigenvalue weighted by atomic mass is 10.1. The van der Waals surface area contributed by atoms with Crippen molar-refractivity contribution in [2.45, 2.75) is 18.9 Å². The van der Waals surface area contributed by atoms with Gasteiger partial charge in [-0.25, -0.2) is 4.79 Å². The molecule has 2 aliphatic heterocycles. The molecule has 2 aliphatic rings. The van der Waals surface area contributed by atoms with Crippen molar-refractivity contribution in [3.63, 3.8) is 0 Å². The van der Waals surface area contributed by atoms with Crippen molar-refractivity contribution in [2.75, 3.05) is 26.2 Å². The van der Waals surface area contributed by atoms with Crippen LogP contribution in [0.1, 0.15) is 24.4 Å². The van der Waals surface area contributed by atoms with Gasteiger partial charge in [-0.15, -0.1) is 0 Å². The lowest BCUT2D eigenvalue weighted by Gasteiger charge is -2.18. The summed E-state index contributed by atoms with van der Waals surface area (Å²) in [6, 6.07) is 8.59. The lowest BCUT2D eigenvalue weighted by Crippen LogP contribution is -2.38. The van der Waals surface area contributed by atoms with E-state index in [2.05, 4.69) is 10.2 Å². The van der Waals surface area contributed by atoms with E-state index in [1.54, 1.807) is 0 Å². The Labute approximate surface area is 118 Å². The van der Waals surface area contributed by atoms with E-state index >= 15 is 0 Å². The van der Waals surface area contributed by atoms with Crippen LogP contribution >= 0.6 is 0 Å². The van der Waals surface area contributed by atoms with Crippen LogP contribution in [-0.4, -0.2) is 47.9 Å². The molecule has 0 saturated carbocycles. The van der Waals surface area contributed by atoms with Crippen molar-refractivity contribution in [3.8, 4) is 0 Å². The van der Waals surface area contributed by atoms with Gasteiger partial charge >= 0.3 is 6.03 Å². The van der Waals surface area contributed by atoms with Crippen molar-refractivity contribution >= 4 is 11.9 Å². The second-order valence-corrected chi connectivity index (χ2v) is 5.33. The third-order valence-corrected chi connectivity index (χ3v) is 4.00. The van der Waals surface area contributed by atoms with E-state index < -0.39 is 6.04 Å². The minimum Gasteiger partial charge on any atom is -0.322 e. The van der Waals surface area contributed by atoms with E-state index in [1.807, 2.05) is 30.3 Å². The fourth-order valence-corrected chi connectivity index (χ4v) is 2.85. The van der Waals surface area contributed by atoms with Crippen LogP contribution in [-0.2, 0) is 4.79 Å². The Kier molecular flexibility index (Phi) is 3.69. The van der Waals surface area contributed by atoms with Crippen LogP contribution in [0.4, 0.5) is 4.79 Å². The minimum atomic E-state index is -0.526. The van der Waals surface area contributed by atoms with Crippen molar-refractivity contribution < 1.29 is 9.59 Å². The fourth-order valence-electron chi connectivity index (χ4n) is 2.85. The lowest BCUT2D eigenvalue weighted by molar-refractivity contribution is -0.127. The number of benzene rings is 1. The van der Waals surface area contributed by atoms with Crippen LogP contribution in [0.15, 0.2) is 30.3 Å². The molecule has 1 aromatic rings. The predicted octanol–water partition coefficient (Wildman–Crippen LogP) is 1.38. The molecule has 1 aromatic carbocycles. The molecule has 1 N–H and O–H groups in total. The van der Waals surface area contributed by atoms with Gasteiger partial charge in [0.2, 0.25) is 0 Å². The SMILES string of the molecule is O=C1NC(c2ccccc2)C(=O)N1CCN1CCCC1. The van der Waals surface area contributed by atoms with Crippen LogP contribution in [0.5, 0.6) is 0 Å². The number of hydrogen-bond acceptors (Lipinski definition) is 3. The number of hydrogen-bond donors (Lipinski definition) is 1. The summed E-state index contributed by atoms with van der Waals surface area (Å²) in [4.78, 5) is 27.9. The Morgan fingerprint density at radius 2 is 1.75 bits per heavy atom. The first-order valence-corrected chi connectivity index (χ1v) is 7.15. The van der Waals surface area contributed by atoms with Gasteiger partial charge in [0.1, 0.15) is 6.04 Å². The summed E-state index contributed by atoms with van der Waals surface area (Å²) in [7, 11) is 0. The summed E-state index contributed by atoms with van der Waals surface area (Å²) in [5.41, 5.74) is 0.842. The van der Waals surface area contributed by atoms with Crippen LogP contribution in [0, 0.1) is 0 Å². The van der Waals surface area contributed by atoms with Gasteiger partial charge in [0, 0.05) is 13.1 Å². The van der Waals surface area contributed by atoms with E-state index in [4.69, 9.17) is 0 Å². The van der Waals surface area contributed by atoms with Gasteiger partial charge in [0.25, 0.3) is 5.91 Å². The molecule has 5 nitrogen and oxygen atoms in total. The summed E-state index contributed by atoms with van der Waals surface area (Å²) in [5.74, 6) is -0.139. The highest BCUT2D eigenvalue weighted by molar-refractivity contribution is 6.04. The molecule has 2 heterocycles. The Morgan fingerprint density at radius 3 is 2.45 bits per heavy atom. The maximum absolute atomic E-state index is 12.3. The van der Waals surface area contributed by atoms with Gasteiger partial charge in [-0.1, -0.05) is 30.3 Å². The van der Waals surface area contributed by atoms with Crippen LogP contribution in [0.2, 0.25) is 0 Å². The van der Waals surface area contributed by atoms with Crippen molar-refractivity contribution in [1.82, 2.24) is 15.1 Å². The highest BCUT2D eigenvalue weighted by Gasteiger charge is 2.38. The van der Waals surface area contributed by atoms with Crippen molar-refractivity contribution in [3.05, 3.63) is 35.9 Å². The average Bonchev–Trinajstić information content (AvgIpc) is 3.07. The molecule has 2 saturated heterocycles. The third kappa shape index (κ3) is 2.54. The van der Waals surface area contributed by atoms with E-state index in [-0.39, 0.29) is 11.9 Å². The largest absolute Gasteiger partial charge is 0.325 e. The van der Waals surface area contributed by atoms with Gasteiger partial charge < -0.3 is 10.2 Å². The fraction of sp³-hybridized carbons (Fsp3) is 0.467. The van der Waals surface area contributed by atoms with E-state index in [0.29, 0.717) is 6.54 Å². The third-order valence-electron chi connectivity index (χ3n) is 4.00. The topological polar surface area (TPSA) is 52.7 Å². The van der Waals surface area contributed by atoms with Crippen LogP contribution in [0.3, 0.4) is 0 Å². The normalized spacial score (nSPS) is 23.4. The number of rotatable bonds is 4. The summed E-state index contributed by atoms with van der Waals surface area (Å²) in [6.45, 7) is 3.41. The molecule has 3 amide bonds. The summed E-state index contributed by atoms with van der Waals surface area (Å²) in [6.07, 6.45) is 2.43. The first-order chi connectivity index (χ1) is 9.75. The molecule has 1 unspecified atom stereocenters. The molecule has 106 valence electrons. The number of carbonyl (C=O) groups is 2. The minimum absolute atomic E-state index is 0.139. The Hall–Kier alpha value is -1.88. The maximum Gasteiger partial charge on any atom is 0.325 e. The van der Waals surface area contributed by atoms with E-state index in [0.717, 1.165) is 25.2 Å². The standard InChI is InChI=1S/C15H19N3O2/c19-14-13(12-6-2-1-3-7-12)16-15(20)18(14)11-10-17-8-4-5-9-17/h1-3,6-7,13H,4-5,8-11H2,(H,16,20). The number of amides is 3. The second kappa shape index (κ2) is 5.63. The molecule has 0 aliphatic carbocycles. The summed E-state index contributed by atoms with van der Waals surface area (Å²) < 4.78 is 0. The van der Waals surface area contributed by atoms with E-state index in [1.165, 1.54) is 17.7 Å². The molecule has 3 rings (SSSR count). The molecule has 2 fully saturated rings. The first-order valence-electron chi connectivity index (χ1n) is 7.15. The van der Waals surface area contributed by atoms with E-state index in [9.17, 15) is 9.59 Å². The highest BCUT2D eigenvalue weighted by Crippen LogP contribution is 2.21. The van der Waals surface area contributed by atoms with Crippen molar-refractivity contribution in [2.24, 2.45) is 0 Å². The zero-order chi connectivity index (χ0) is 13.9. The zero-order valence-electron chi connectivity index (χ0n) is 11.4. The van der Waals surface area contributed by atoms with Gasteiger partial charge in [0.05, 0.1) is 0 Å². The maximum atomic E-state index is 12.3. The number of urea groups is 1. The van der Waals surface area contributed by atoms with Crippen LogP contribution in [0.25, 0.3) is 0 Å². The number of likely N-dealkylation sites (tertiary alicyclic amines) is 1. The molecule has 0 radical (unpaired) electrons. The summed E-state index contributed by atoms with van der Waals surface area (Å²) in [5, 5.41) is 2.76. The van der Waals surface area contributed by atoms with Gasteiger partial charge in [0.15, 0.2) is 0 Å². The number of nitrogens with one attached hydrogen (secondary N) is 1. The molecule has 0 spiro atoms. The molecule has 0 aromatic heterocycles. The Bertz CT molecular complexity index is 497. The first kappa shape index (κ1) is 13.1. The number of imide groups is 1. The summed E-state index contributed by atoms with van der Waals surface area (Å²) >= 11 is 0. The molecular weight excluding hydrogens is 254 g/mol. The number of carbonyl (C=O) groups excluding carboxylic acids is 2. The zero-order valence-corrected chi connectivity index (χ0v) is 11.4. The molecule has 1 atom stereocenters. The van der Waals surface area contributed by atoms with Crippen molar-refractivity contribution in [1.29, 1.82) is 0 Å². The highest BCUT2D eigenvalue weighted by atomic mass is 16.2. The van der Waals surface area contributed by atoms with Gasteiger partial charge in [-0.2, -0.15) is 0 Å². The van der Waals surface area contributed by atoms with Gasteiger partial charge in [-0.05, 0) is 31.5 Å². The Morgan fingerprint density at radius 1 is 1.05 bits per heavy atom. The monoisotopic (exact) mass is 273 g/mol. The second-order valence-electron chi connectivity index (χ2n) is 5.33. The van der Waals surface area contributed by atoms with Crippen LogP contribution < -0.4 is 5.32 Å². The Balaban J connectivity index is 1.64. The smallest absolute Gasteiger partial charge is 0.322 e. The molecule has 20 heavy (non-hydrogen) atoms. The molecular formula is C15H19N3O2. The van der Waals surface area contributed by atoms with Gasteiger partial charge in [-0.3, -0.25) is 9.69 Å². The average molecular weight is 273 g/mol. The molecule has 5 heteroatoms.